The number of nitrogens with zero attached hydrogens (tertiary/aromatic N) is 2. The van der Waals surface area contributed by atoms with Crippen LogP contribution in [-0.4, -0.2) is 23.9 Å². The molecule has 3 heterocycles. The molecule has 5 heteroatoms. The zero-order valence-electron chi connectivity index (χ0n) is 11.8. The van der Waals surface area contributed by atoms with Crippen molar-refractivity contribution in [2.24, 2.45) is 0 Å². The maximum atomic E-state index is 8.26. The molecule has 0 atom stereocenters. The standard InChI is InChI=1S/C15H19N4S/c1-3-18-10-17-8-13(15(18)16)9-19-6-4-12-5-7-20-14(12)11(19)2/h4-8,16-17H,3,9-10H2,1-2H3/q+1. The lowest BCUT2D eigenvalue weighted by molar-refractivity contribution is -0.692. The fourth-order valence-electron chi connectivity index (χ4n) is 2.53. The van der Waals surface area contributed by atoms with Crippen LogP contribution in [0.3, 0.4) is 0 Å². The lowest BCUT2D eigenvalue weighted by Gasteiger charge is -2.28. The van der Waals surface area contributed by atoms with Gasteiger partial charge in [0.05, 0.1) is 12.2 Å². The van der Waals surface area contributed by atoms with E-state index in [9.17, 15) is 0 Å². The molecular formula is C15H19N4S+. The minimum Gasteiger partial charge on any atom is -0.373 e. The number of pyridine rings is 1. The predicted octanol–water partition coefficient (Wildman–Crippen LogP) is 2.24. The molecule has 0 aliphatic carbocycles. The molecule has 1 aliphatic rings. The van der Waals surface area contributed by atoms with Crippen molar-refractivity contribution in [1.82, 2.24) is 10.2 Å². The average Bonchev–Trinajstić information content (AvgIpc) is 2.93. The number of hydrogen-bond acceptors (Lipinski definition) is 3. The Morgan fingerprint density at radius 2 is 2.30 bits per heavy atom. The number of rotatable bonds is 3. The summed E-state index contributed by atoms with van der Waals surface area (Å²) >= 11 is 1.78. The van der Waals surface area contributed by atoms with Gasteiger partial charge in [0.15, 0.2) is 18.4 Å². The minimum absolute atomic E-state index is 0.629. The summed E-state index contributed by atoms with van der Waals surface area (Å²) in [4.78, 5) is 2.04. The second-order valence-electron chi connectivity index (χ2n) is 4.97. The summed E-state index contributed by atoms with van der Waals surface area (Å²) in [7, 11) is 0. The van der Waals surface area contributed by atoms with Crippen LogP contribution in [0.2, 0.25) is 0 Å². The second-order valence-corrected chi connectivity index (χ2v) is 5.89. The first-order chi connectivity index (χ1) is 9.70. The molecule has 1 aliphatic heterocycles. The van der Waals surface area contributed by atoms with Crippen LogP contribution in [0.1, 0.15) is 12.6 Å². The molecule has 0 radical (unpaired) electrons. The maximum Gasteiger partial charge on any atom is 0.196 e. The number of aryl methyl sites for hydroxylation is 1. The highest BCUT2D eigenvalue weighted by Crippen LogP contribution is 2.21. The van der Waals surface area contributed by atoms with Gasteiger partial charge in [0.2, 0.25) is 0 Å². The van der Waals surface area contributed by atoms with Gasteiger partial charge in [0, 0.05) is 31.1 Å². The van der Waals surface area contributed by atoms with Gasteiger partial charge in [0.25, 0.3) is 0 Å². The molecule has 2 aromatic rings. The smallest absolute Gasteiger partial charge is 0.196 e. The van der Waals surface area contributed by atoms with E-state index < -0.39 is 0 Å². The third-order valence-electron chi connectivity index (χ3n) is 3.79. The van der Waals surface area contributed by atoms with Crippen molar-refractivity contribution < 1.29 is 4.57 Å². The van der Waals surface area contributed by atoms with E-state index in [4.69, 9.17) is 5.41 Å². The number of fused-ring (bicyclic) bond motifs is 1. The fourth-order valence-corrected chi connectivity index (χ4v) is 3.44. The van der Waals surface area contributed by atoms with E-state index in [0.29, 0.717) is 5.84 Å². The quantitative estimate of drug-likeness (QED) is 0.850. The summed E-state index contributed by atoms with van der Waals surface area (Å²) in [5.41, 5.74) is 2.29. The summed E-state index contributed by atoms with van der Waals surface area (Å²) in [6, 6.07) is 4.30. The Morgan fingerprint density at radius 1 is 1.45 bits per heavy atom. The molecule has 4 nitrogen and oxygen atoms in total. The zero-order chi connectivity index (χ0) is 14.1. The lowest BCUT2D eigenvalue weighted by Crippen LogP contribution is -2.47. The molecule has 0 fully saturated rings. The molecule has 0 spiro atoms. The first kappa shape index (κ1) is 13.1. The summed E-state index contributed by atoms with van der Waals surface area (Å²) in [5.74, 6) is 0.629. The maximum absolute atomic E-state index is 8.26. The van der Waals surface area contributed by atoms with Crippen molar-refractivity contribution in [2.75, 3.05) is 13.2 Å². The number of likely N-dealkylation sites (N-methyl/N-ethyl adjacent to an activating group) is 1. The van der Waals surface area contributed by atoms with E-state index in [-0.39, 0.29) is 0 Å². The third-order valence-corrected chi connectivity index (χ3v) is 4.83. The van der Waals surface area contributed by atoms with Crippen LogP contribution in [0.5, 0.6) is 0 Å². The van der Waals surface area contributed by atoms with Gasteiger partial charge in [-0.15, -0.1) is 11.3 Å². The summed E-state index contributed by atoms with van der Waals surface area (Å²) in [6.45, 7) is 6.55. The van der Waals surface area contributed by atoms with Gasteiger partial charge in [-0.05, 0) is 18.4 Å². The number of thiophene rings is 1. The van der Waals surface area contributed by atoms with Gasteiger partial charge in [-0.25, -0.2) is 0 Å². The molecule has 0 saturated heterocycles. The average molecular weight is 287 g/mol. The Balaban J connectivity index is 1.91. The van der Waals surface area contributed by atoms with Crippen LogP contribution in [0.25, 0.3) is 10.1 Å². The van der Waals surface area contributed by atoms with E-state index in [1.54, 1.807) is 11.3 Å². The van der Waals surface area contributed by atoms with E-state index >= 15 is 0 Å². The van der Waals surface area contributed by atoms with E-state index in [1.165, 1.54) is 15.8 Å². The Morgan fingerprint density at radius 3 is 3.10 bits per heavy atom. The molecule has 2 N–H and O–H groups in total. The highest BCUT2D eigenvalue weighted by atomic mass is 32.1. The number of amidine groups is 1. The molecule has 0 saturated carbocycles. The molecule has 0 aromatic carbocycles. The molecule has 2 aromatic heterocycles. The minimum atomic E-state index is 0.629. The van der Waals surface area contributed by atoms with Crippen molar-refractivity contribution in [2.45, 2.75) is 20.4 Å². The van der Waals surface area contributed by atoms with Crippen molar-refractivity contribution in [3.05, 3.63) is 41.2 Å². The van der Waals surface area contributed by atoms with Gasteiger partial charge in [0.1, 0.15) is 10.5 Å². The lowest BCUT2D eigenvalue weighted by atomic mass is 10.2. The van der Waals surface area contributed by atoms with Crippen LogP contribution in [-0.2, 0) is 6.54 Å². The Bertz CT molecular complexity index is 686. The largest absolute Gasteiger partial charge is 0.373 e. The third kappa shape index (κ3) is 2.18. The summed E-state index contributed by atoms with van der Waals surface area (Å²) < 4.78 is 3.55. The Labute approximate surface area is 122 Å². The number of hydrogen-bond donors (Lipinski definition) is 2. The van der Waals surface area contributed by atoms with Crippen LogP contribution < -0.4 is 9.88 Å². The van der Waals surface area contributed by atoms with Gasteiger partial charge in [-0.3, -0.25) is 5.41 Å². The summed E-state index contributed by atoms with van der Waals surface area (Å²) in [5, 5.41) is 14.9. The number of nitrogens with one attached hydrogen (secondary N) is 2. The van der Waals surface area contributed by atoms with E-state index in [1.807, 2.05) is 11.1 Å². The van der Waals surface area contributed by atoms with Gasteiger partial charge >= 0.3 is 0 Å². The normalized spacial score (nSPS) is 15.4. The molecular weight excluding hydrogens is 268 g/mol. The van der Waals surface area contributed by atoms with Crippen molar-refractivity contribution in [1.29, 1.82) is 5.41 Å². The van der Waals surface area contributed by atoms with Gasteiger partial charge in [-0.2, -0.15) is 4.57 Å². The fraction of sp³-hybridized carbons (Fsp3) is 0.333. The molecule has 3 rings (SSSR count). The Hall–Kier alpha value is -1.88. The van der Waals surface area contributed by atoms with E-state index in [2.05, 4.69) is 47.4 Å². The Kier molecular flexibility index (Phi) is 3.44. The molecule has 0 amide bonds. The van der Waals surface area contributed by atoms with Crippen LogP contribution >= 0.6 is 11.3 Å². The first-order valence-electron chi connectivity index (χ1n) is 6.83. The first-order valence-corrected chi connectivity index (χ1v) is 7.71. The van der Waals surface area contributed by atoms with Gasteiger partial charge < -0.3 is 10.2 Å². The topological polar surface area (TPSA) is 43.0 Å². The highest BCUT2D eigenvalue weighted by Gasteiger charge is 2.21. The van der Waals surface area contributed by atoms with Crippen LogP contribution in [0, 0.1) is 12.3 Å². The molecule has 0 bridgehead atoms. The van der Waals surface area contributed by atoms with Crippen LogP contribution in [0.15, 0.2) is 35.5 Å². The van der Waals surface area contributed by atoms with Crippen molar-refractivity contribution >= 4 is 27.3 Å². The van der Waals surface area contributed by atoms with Crippen LogP contribution in [0.4, 0.5) is 0 Å². The monoisotopic (exact) mass is 287 g/mol. The molecule has 20 heavy (non-hydrogen) atoms. The second kappa shape index (κ2) is 5.25. The van der Waals surface area contributed by atoms with Gasteiger partial charge in [-0.1, -0.05) is 0 Å². The predicted molar refractivity (Wildman–Crippen MR) is 82.9 cm³/mol. The molecule has 0 unspecified atom stereocenters. The van der Waals surface area contributed by atoms with E-state index in [0.717, 1.165) is 25.3 Å². The molecule has 104 valence electrons. The SMILES string of the molecule is CCN1CNC=C(C[n+]2ccc3ccsc3c2C)C1=N. The van der Waals surface area contributed by atoms with Crippen molar-refractivity contribution in [3.8, 4) is 0 Å². The zero-order valence-corrected chi connectivity index (χ0v) is 12.6. The number of aromatic nitrogens is 1. The highest BCUT2D eigenvalue weighted by molar-refractivity contribution is 7.17. The summed E-state index contributed by atoms with van der Waals surface area (Å²) in [6.07, 6.45) is 4.09. The van der Waals surface area contributed by atoms with Crippen molar-refractivity contribution in [3.63, 3.8) is 0 Å².